The van der Waals surface area contributed by atoms with E-state index in [1.165, 1.54) is 128 Å². The SMILES string of the molecule is CCCCCCCCCCCC[N+](C)(CCCCCCCCCCCC)C(C)O.[Br-]. The first kappa shape index (κ1) is 32.6. The van der Waals surface area contributed by atoms with E-state index < -0.39 is 0 Å². The van der Waals surface area contributed by atoms with Gasteiger partial charge in [0, 0.05) is 6.92 Å². The fourth-order valence-corrected chi connectivity index (χ4v) is 4.41. The van der Waals surface area contributed by atoms with Crippen molar-refractivity contribution in [2.24, 2.45) is 0 Å². The van der Waals surface area contributed by atoms with Crippen LogP contribution in [0.4, 0.5) is 0 Å². The normalized spacial score (nSPS) is 12.7. The summed E-state index contributed by atoms with van der Waals surface area (Å²) in [5.74, 6) is 0. The van der Waals surface area contributed by atoms with Crippen LogP contribution in [0, 0.1) is 0 Å². The third kappa shape index (κ3) is 20.3. The van der Waals surface area contributed by atoms with E-state index in [1.807, 2.05) is 6.92 Å². The molecule has 0 fully saturated rings. The van der Waals surface area contributed by atoms with Crippen molar-refractivity contribution in [2.45, 2.75) is 155 Å². The predicted octanol–water partition coefficient (Wildman–Crippen LogP) is 5.62. The number of aliphatic hydroxyl groups is 1. The lowest BCUT2D eigenvalue weighted by atomic mass is 10.1. The molecule has 0 heterocycles. The topological polar surface area (TPSA) is 20.2 Å². The lowest BCUT2D eigenvalue weighted by Crippen LogP contribution is -3.00. The maximum Gasteiger partial charge on any atom is 0.187 e. The van der Waals surface area contributed by atoms with Crippen LogP contribution in [0.2, 0.25) is 0 Å². The van der Waals surface area contributed by atoms with Crippen molar-refractivity contribution in [1.29, 1.82) is 0 Å². The summed E-state index contributed by atoms with van der Waals surface area (Å²) in [6.45, 7) is 8.86. The summed E-state index contributed by atoms with van der Waals surface area (Å²) in [6, 6.07) is 0. The Morgan fingerprint density at radius 1 is 0.500 bits per heavy atom. The molecule has 0 aliphatic heterocycles. The highest BCUT2D eigenvalue weighted by atomic mass is 79.9. The van der Waals surface area contributed by atoms with Gasteiger partial charge in [-0.2, -0.15) is 0 Å². The molecule has 184 valence electrons. The van der Waals surface area contributed by atoms with E-state index in [0.717, 1.165) is 17.6 Å². The molecule has 3 heteroatoms. The summed E-state index contributed by atoms with van der Waals surface area (Å²) in [4.78, 5) is 0. The largest absolute Gasteiger partial charge is 1.00 e. The molecular formula is C27H58BrNO. The number of hydrogen-bond donors (Lipinski definition) is 1. The Morgan fingerprint density at radius 2 is 0.733 bits per heavy atom. The quantitative estimate of drug-likeness (QED) is 0.112. The Morgan fingerprint density at radius 3 is 0.967 bits per heavy atom. The average molecular weight is 493 g/mol. The fraction of sp³-hybridized carbons (Fsp3) is 1.00. The van der Waals surface area contributed by atoms with E-state index in [9.17, 15) is 5.11 Å². The summed E-state index contributed by atoms with van der Waals surface area (Å²) in [5.41, 5.74) is 0. The van der Waals surface area contributed by atoms with Crippen LogP contribution < -0.4 is 17.0 Å². The second-order valence-electron chi connectivity index (χ2n) is 9.92. The van der Waals surface area contributed by atoms with Crippen LogP contribution >= 0.6 is 0 Å². The van der Waals surface area contributed by atoms with Gasteiger partial charge in [0.05, 0.1) is 20.1 Å². The van der Waals surface area contributed by atoms with Gasteiger partial charge in [-0.25, -0.2) is 0 Å². The van der Waals surface area contributed by atoms with E-state index in [0.29, 0.717) is 0 Å². The Labute approximate surface area is 202 Å². The van der Waals surface area contributed by atoms with Crippen LogP contribution in [0.1, 0.15) is 149 Å². The van der Waals surface area contributed by atoms with Gasteiger partial charge in [-0.1, -0.05) is 117 Å². The molecule has 30 heavy (non-hydrogen) atoms. The van der Waals surface area contributed by atoms with Crippen molar-refractivity contribution < 1.29 is 26.6 Å². The van der Waals surface area contributed by atoms with E-state index in [1.54, 1.807) is 0 Å². The molecule has 0 aromatic rings. The van der Waals surface area contributed by atoms with Crippen molar-refractivity contribution >= 4 is 0 Å². The van der Waals surface area contributed by atoms with Crippen LogP contribution in [-0.4, -0.2) is 36.0 Å². The third-order valence-corrected chi connectivity index (χ3v) is 6.95. The molecular weight excluding hydrogens is 434 g/mol. The second kappa shape index (κ2) is 24.1. The molecule has 0 radical (unpaired) electrons. The maximum absolute atomic E-state index is 10.3. The number of unbranched alkanes of at least 4 members (excludes halogenated alkanes) is 18. The lowest BCUT2D eigenvalue weighted by molar-refractivity contribution is -0.952. The van der Waals surface area contributed by atoms with Gasteiger partial charge in [0.1, 0.15) is 0 Å². The third-order valence-electron chi connectivity index (χ3n) is 6.95. The second-order valence-corrected chi connectivity index (χ2v) is 9.92. The van der Waals surface area contributed by atoms with Crippen LogP contribution in [-0.2, 0) is 0 Å². The summed E-state index contributed by atoms with van der Waals surface area (Å²) < 4.78 is 0.855. The smallest absolute Gasteiger partial charge is 0.187 e. The first-order chi connectivity index (χ1) is 14.1. The van der Waals surface area contributed by atoms with Crippen molar-refractivity contribution in [2.75, 3.05) is 20.1 Å². The minimum Gasteiger partial charge on any atom is -1.00 e. The molecule has 0 spiro atoms. The van der Waals surface area contributed by atoms with Crippen LogP contribution in [0.5, 0.6) is 0 Å². The van der Waals surface area contributed by atoms with Gasteiger partial charge in [-0.3, -0.25) is 0 Å². The predicted molar refractivity (Wildman–Crippen MR) is 131 cm³/mol. The molecule has 1 N–H and O–H groups in total. The Bertz CT molecular complexity index is 298. The van der Waals surface area contributed by atoms with Gasteiger partial charge in [-0.05, 0) is 25.7 Å². The zero-order valence-corrected chi connectivity index (χ0v) is 23.0. The van der Waals surface area contributed by atoms with Gasteiger partial charge in [0.25, 0.3) is 0 Å². The lowest BCUT2D eigenvalue weighted by Gasteiger charge is -2.37. The van der Waals surface area contributed by atoms with Gasteiger partial charge < -0.3 is 26.6 Å². The standard InChI is InChI=1S/C27H58NO.BrH/c1-5-7-9-11-13-15-17-19-21-23-25-28(4,27(3)29)26-24-22-20-18-16-14-12-10-8-6-2;/h27,29H,5-26H2,1-4H3;1H/q+1;/p-1. The average Bonchev–Trinajstić information content (AvgIpc) is 2.70. The maximum atomic E-state index is 10.3. The molecule has 0 saturated carbocycles. The number of halogens is 1. The van der Waals surface area contributed by atoms with E-state index in [-0.39, 0.29) is 23.2 Å². The fourth-order valence-electron chi connectivity index (χ4n) is 4.41. The molecule has 2 nitrogen and oxygen atoms in total. The van der Waals surface area contributed by atoms with Gasteiger partial charge in [0.15, 0.2) is 6.23 Å². The highest BCUT2D eigenvalue weighted by Crippen LogP contribution is 2.17. The van der Waals surface area contributed by atoms with Crippen molar-refractivity contribution in [3.8, 4) is 0 Å². The molecule has 1 atom stereocenters. The summed E-state index contributed by atoms with van der Waals surface area (Å²) in [6.07, 6.45) is 27.5. The van der Waals surface area contributed by atoms with Gasteiger partial charge in [-0.15, -0.1) is 0 Å². The zero-order chi connectivity index (χ0) is 21.6. The van der Waals surface area contributed by atoms with Gasteiger partial charge in [0.2, 0.25) is 0 Å². The monoisotopic (exact) mass is 491 g/mol. The number of rotatable bonds is 23. The Kier molecular flexibility index (Phi) is 26.1. The van der Waals surface area contributed by atoms with E-state index in [4.69, 9.17) is 0 Å². The number of quaternary nitrogens is 1. The summed E-state index contributed by atoms with van der Waals surface area (Å²) >= 11 is 0. The molecule has 0 rings (SSSR count). The summed E-state index contributed by atoms with van der Waals surface area (Å²) in [7, 11) is 2.27. The first-order valence-corrected chi connectivity index (χ1v) is 13.6. The first-order valence-electron chi connectivity index (χ1n) is 13.6. The van der Waals surface area contributed by atoms with Crippen molar-refractivity contribution in [1.82, 2.24) is 0 Å². The zero-order valence-electron chi connectivity index (χ0n) is 21.4. The molecule has 0 aromatic carbocycles. The highest BCUT2D eigenvalue weighted by molar-refractivity contribution is 4.51. The molecule has 0 aliphatic carbocycles. The van der Waals surface area contributed by atoms with E-state index in [2.05, 4.69) is 20.9 Å². The van der Waals surface area contributed by atoms with Crippen LogP contribution in [0.15, 0.2) is 0 Å². The minimum atomic E-state index is -0.230. The van der Waals surface area contributed by atoms with Crippen LogP contribution in [0.3, 0.4) is 0 Å². The van der Waals surface area contributed by atoms with Crippen molar-refractivity contribution in [3.63, 3.8) is 0 Å². The Hall–Kier alpha value is 0.400. The van der Waals surface area contributed by atoms with E-state index >= 15 is 0 Å². The number of nitrogens with zero attached hydrogens (tertiary/aromatic N) is 1. The molecule has 0 bridgehead atoms. The number of aliphatic hydroxyl groups excluding tert-OH is 1. The molecule has 0 amide bonds. The van der Waals surface area contributed by atoms with Crippen molar-refractivity contribution in [3.05, 3.63) is 0 Å². The molecule has 0 aromatic heterocycles. The minimum absolute atomic E-state index is 0. The number of hydrogen-bond acceptors (Lipinski definition) is 1. The Balaban J connectivity index is 0. The highest BCUT2D eigenvalue weighted by Gasteiger charge is 2.26. The molecule has 0 saturated heterocycles. The molecule has 0 aliphatic rings. The van der Waals surface area contributed by atoms with Crippen LogP contribution in [0.25, 0.3) is 0 Å². The summed E-state index contributed by atoms with van der Waals surface area (Å²) in [5, 5.41) is 10.3. The molecule has 1 unspecified atom stereocenters. The van der Waals surface area contributed by atoms with Gasteiger partial charge >= 0.3 is 0 Å².